The molecule has 28 heavy (non-hydrogen) atoms. The van der Waals surface area contributed by atoms with Gasteiger partial charge in [0.2, 0.25) is 0 Å². The number of thiazole rings is 1. The topological polar surface area (TPSA) is 97.3 Å². The molecule has 0 saturated heterocycles. The molecule has 7 nitrogen and oxygen atoms in total. The van der Waals surface area contributed by atoms with Gasteiger partial charge in [-0.2, -0.15) is 0 Å². The molecule has 4 N–H and O–H groups in total. The van der Waals surface area contributed by atoms with Crippen LogP contribution in [0.5, 0.6) is 0 Å². The van der Waals surface area contributed by atoms with E-state index in [-0.39, 0.29) is 23.7 Å². The summed E-state index contributed by atoms with van der Waals surface area (Å²) in [6.45, 7) is 0. The predicted molar refractivity (Wildman–Crippen MR) is 104 cm³/mol. The SMILES string of the molecule is Nc1nc(C(=O)NC2CCC(Nc3cccc4nc(C(F)F)cn34)CC2)cs1. The van der Waals surface area contributed by atoms with E-state index in [1.54, 1.807) is 21.9 Å². The van der Waals surface area contributed by atoms with E-state index in [0.29, 0.717) is 16.5 Å². The number of carbonyl (C=O) groups excluding carboxylic acids is 1. The molecule has 0 bridgehead atoms. The fourth-order valence-electron chi connectivity index (χ4n) is 3.49. The monoisotopic (exact) mass is 406 g/mol. The molecule has 0 radical (unpaired) electrons. The first-order valence-corrected chi connectivity index (χ1v) is 9.92. The molecule has 3 heterocycles. The number of imidazole rings is 1. The molecule has 0 aliphatic heterocycles. The number of anilines is 2. The van der Waals surface area contributed by atoms with Crippen LogP contribution in [0.3, 0.4) is 0 Å². The van der Waals surface area contributed by atoms with E-state index in [4.69, 9.17) is 5.73 Å². The normalized spacial score (nSPS) is 19.8. The number of nitrogen functional groups attached to an aromatic ring is 1. The second-order valence-corrected chi connectivity index (χ2v) is 7.73. The van der Waals surface area contributed by atoms with E-state index in [1.165, 1.54) is 17.5 Å². The van der Waals surface area contributed by atoms with Crippen molar-refractivity contribution < 1.29 is 13.6 Å². The standard InChI is InChI=1S/C18H20F2N6OS/c19-16(20)12-8-26-14(2-1-3-15(26)24-12)22-10-4-6-11(7-5-10)23-17(27)13-9-28-18(21)25-13/h1-3,8-11,16,22H,4-7H2,(H2,21,25)(H,23,27). The maximum absolute atomic E-state index is 12.9. The van der Waals surface area contributed by atoms with Crippen molar-refractivity contribution >= 4 is 33.8 Å². The lowest BCUT2D eigenvalue weighted by Crippen LogP contribution is -2.40. The first-order valence-electron chi connectivity index (χ1n) is 9.04. The van der Waals surface area contributed by atoms with Crippen LogP contribution < -0.4 is 16.4 Å². The second kappa shape index (κ2) is 7.70. The van der Waals surface area contributed by atoms with Crippen molar-refractivity contribution in [2.45, 2.75) is 44.2 Å². The van der Waals surface area contributed by atoms with Gasteiger partial charge >= 0.3 is 0 Å². The van der Waals surface area contributed by atoms with E-state index >= 15 is 0 Å². The Morgan fingerprint density at radius 3 is 2.64 bits per heavy atom. The Morgan fingerprint density at radius 2 is 1.96 bits per heavy atom. The third-order valence-corrected chi connectivity index (χ3v) is 5.58. The molecule has 1 fully saturated rings. The summed E-state index contributed by atoms with van der Waals surface area (Å²) in [7, 11) is 0. The van der Waals surface area contributed by atoms with E-state index < -0.39 is 6.43 Å². The number of nitrogens with one attached hydrogen (secondary N) is 2. The van der Waals surface area contributed by atoms with Gasteiger partial charge in [-0.05, 0) is 37.8 Å². The Labute approximate surface area is 164 Å². The molecule has 1 aliphatic rings. The number of alkyl halides is 2. The highest BCUT2D eigenvalue weighted by molar-refractivity contribution is 7.13. The predicted octanol–water partition coefficient (Wildman–Crippen LogP) is 3.46. The minimum absolute atomic E-state index is 0.0861. The van der Waals surface area contributed by atoms with E-state index in [9.17, 15) is 13.6 Å². The zero-order valence-electron chi connectivity index (χ0n) is 14.9. The summed E-state index contributed by atoms with van der Waals surface area (Å²) in [5, 5.41) is 8.45. The fourth-order valence-corrected chi connectivity index (χ4v) is 4.04. The molecule has 1 aliphatic carbocycles. The molecule has 0 spiro atoms. The molecule has 3 aromatic heterocycles. The van der Waals surface area contributed by atoms with E-state index in [1.807, 2.05) is 6.07 Å². The fraction of sp³-hybridized carbons (Fsp3) is 0.389. The minimum atomic E-state index is -2.60. The van der Waals surface area contributed by atoms with Crippen molar-refractivity contribution in [2.24, 2.45) is 0 Å². The van der Waals surface area contributed by atoms with Crippen LogP contribution in [0.1, 0.15) is 48.3 Å². The van der Waals surface area contributed by atoms with Crippen LogP contribution in [-0.2, 0) is 0 Å². The Bertz CT molecular complexity index is 980. The van der Waals surface area contributed by atoms with Crippen molar-refractivity contribution in [1.82, 2.24) is 19.7 Å². The zero-order valence-corrected chi connectivity index (χ0v) is 15.8. The average Bonchev–Trinajstić information content (AvgIpc) is 3.30. The molecule has 10 heteroatoms. The van der Waals surface area contributed by atoms with Crippen molar-refractivity contribution in [3.63, 3.8) is 0 Å². The number of pyridine rings is 1. The number of aromatic nitrogens is 3. The average molecular weight is 406 g/mol. The number of halogens is 2. The third kappa shape index (κ3) is 3.91. The van der Waals surface area contributed by atoms with Gasteiger partial charge in [-0.25, -0.2) is 18.7 Å². The number of hydrogen-bond acceptors (Lipinski definition) is 6. The molecule has 0 unspecified atom stereocenters. The Balaban J connectivity index is 1.36. The van der Waals surface area contributed by atoms with Gasteiger partial charge in [-0.15, -0.1) is 11.3 Å². The summed E-state index contributed by atoms with van der Waals surface area (Å²) in [5.41, 5.74) is 6.18. The van der Waals surface area contributed by atoms with E-state index in [0.717, 1.165) is 31.5 Å². The number of nitrogens with two attached hydrogens (primary N) is 1. The van der Waals surface area contributed by atoms with Crippen LogP contribution in [0.25, 0.3) is 5.65 Å². The molecular formula is C18H20F2N6OS. The Hall–Kier alpha value is -2.75. The summed E-state index contributed by atoms with van der Waals surface area (Å²) in [6, 6.07) is 5.64. The lowest BCUT2D eigenvalue weighted by atomic mass is 9.91. The first kappa shape index (κ1) is 18.6. The molecule has 3 aromatic rings. The summed E-state index contributed by atoms with van der Waals surface area (Å²) < 4.78 is 27.5. The molecule has 4 rings (SSSR count). The molecular weight excluding hydrogens is 386 g/mol. The summed E-state index contributed by atoms with van der Waals surface area (Å²) in [5.74, 6) is 0.536. The summed E-state index contributed by atoms with van der Waals surface area (Å²) in [6.07, 6.45) is 2.14. The lowest BCUT2D eigenvalue weighted by molar-refractivity contribution is 0.0922. The second-order valence-electron chi connectivity index (χ2n) is 6.84. The number of hydrogen-bond donors (Lipinski definition) is 3. The van der Waals surface area contributed by atoms with Crippen LogP contribution in [-0.4, -0.2) is 32.4 Å². The smallest absolute Gasteiger partial charge is 0.281 e. The van der Waals surface area contributed by atoms with Gasteiger partial charge in [0.05, 0.1) is 0 Å². The molecule has 0 aromatic carbocycles. The Kier molecular flexibility index (Phi) is 5.12. The number of carbonyl (C=O) groups is 1. The highest BCUT2D eigenvalue weighted by atomic mass is 32.1. The highest BCUT2D eigenvalue weighted by Crippen LogP contribution is 2.25. The third-order valence-electron chi connectivity index (χ3n) is 4.90. The lowest BCUT2D eigenvalue weighted by Gasteiger charge is -2.30. The number of amides is 1. The maximum atomic E-state index is 12.9. The Morgan fingerprint density at radius 1 is 1.21 bits per heavy atom. The summed E-state index contributed by atoms with van der Waals surface area (Å²) >= 11 is 1.24. The van der Waals surface area contributed by atoms with Crippen LogP contribution in [0.4, 0.5) is 19.7 Å². The van der Waals surface area contributed by atoms with Crippen LogP contribution in [0, 0.1) is 0 Å². The highest BCUT2D eigenvalue weighted by Gasteiger charge is 2.24. The molecule has 1 saturated carbocycles. The summed E-state index contributed by atoms with van der Waals surface area (Å²) in [4.78, 5) is 20.1. The van der Waals surface area contributed by atoms with Gasteiger partial charge < -0.3 is 16.4 Å². The van der Waals surface area contributed by atoms with Gasteiger partial charge in [0.25, 0.3) is 12.3 Å². The molecule has 0 atom stereocenters. The quantitative estimate of drug-likeness (QED) is 0.603. The van der Waals surface area contributed by atoms with Crippen molar-refractivity contribution in [1.29, 1.82) is 0 Å². The molecule has 1 amide bonds. The van der Waals surface area contributed by atoms with Gasteiger partial charge in [0.15, 0.2) is 5.13 Å². The zero-order chi connectivity index (χ0) is 19.7. The van der Waals surface area contributed by atoms with Crippen molar-refractivity contribution in [3.05, 3.63) is 41.2 Å². The minimum Gasteiger partial charge on any atom is -0.375 e. The van der Waals surface area contributed by atoms with Gasteiger partial charge in [-0.3, -0.25) is 9.20 Å². The van der Waals surface area contributed by atoms with Crippen LogP contribution in [0.2, 0.25) is 0 Å². The van der Waals surface area contributed by atoms with Gasteiger partial charge in [-0.1, -0.05) is 6.07 Å². The largest absolute Gasteiger partial charge is 0.375 e. The number of nitrogens with zero attached hydrogens (tertiary/aromatic N) is 3. The number of rotatable bonds is 5. The van der Waals surface area contributed by atoms with Crippen LogP contribution in [0.15, 0.2) is 29.8 Å². The molecule has 148 valence electrons. The van der Waals surface area contributed by atoms with E-state index in [2.05, 4.69) is 20.6 Å². The first-order chi connectivity index (χ1) is 13.5. The van der Waals surface area contributed by atoms with Gasteiger partial charge in [0.1, 0.15) is 22.9 Å². The number of fused-ring (bicyclic) bond motifs is 1. The maximum Gasteiger partial charge on any atom is 0.281 e. The van der Waals surface area contributed by atoms with Gasteiger partial charge in [0, 0.05) is 23.7 Å². The van der Waals surface area contributed by atoms with Crippen molar-refractivity contribution in [3.8, 4) is 0 Å². The van der Waals surface area contributed by atoms with Crippen molar-refractivity contribution in [2.75, 3.05) is 11.1 Å². The van der Waals surface area contributed by atoms with Crippen LogP contribution >= 0.6 is 11.3 Å².